The van der Waals surface area contributed by atoms with Crippen LogP contribution in [0.1, 0.15) is 18.5 Å². The zero-order chi connectivity index (χ0) is 13.2. The van der Waals surface area contributed by atoms with E-state index in [0.29, 0.717) is 0 Å². The summed E-state index contributed by atoms with van der Waals surface area (Å²) in [6, 6.07) is 13.6. The molecule has 0 heterocycles. The molecule has 0 spiro atoms. The molecule has 0 aromatic heterocycles. The van der Waals surface area contributed by atoms with Crippen LogP contribution >= 0.6 is 15.9 Å². The van der Waals surface area contributed by atoms with E-state index < -0.39 is 10.0 Å². The summed E-state index contributed by atoms with van der Waals surface area (Å²) in [4.78, 5) is 0. The molecule has 0 aliphatic rings. The zero-order valence-electron chi connectivity index (χ0n) is 9.93. The maximum atomic E-state index is 11.6. The average molecular weight is 328 g/mol. The van der Waals surface area contributed by atoms with Gasteiger partial charge in [0.1, 0.15) is 4.66 Å². The van der Waals surface area contributed by atoms with E-state index in [1.165, 1.54) is 0 Å². The Bertz CT molecular complexity index is 650. The van der Waals surface area contributed by atoms with Gasteiger partial charge in [-0.2, -0.15) is 0 Å². The Morgan fingerprint density at radius 2 is 1.83 bits per heavy atom. The first-order valence-corrected chi connectivity index (χ1v) is 8.34. The largest absolute Gasteiger partial charge is 0.222 e. The topological polar surface area (TPSA) is 46.2 Å². The highest BCUT2D eigenvalue weighted by Crippen LogP contribution is 2.24. The van der Waals surface area contributed by atoms with Crippen molar-refractivity contribution in [2.75, 3.05) is 4.66 Å². The highest BCUT2D eigenvalue weighted by atomic mass is 79.9. The minimum atomic E-state index is -3.27. The van der Waals surface area contributed by atoms with Crippen LogP contribution in [0.4, 0.5) is 0 Å². The fourth-order valence-electron chi connectivity index (χ4n) is 1.99. The van der Waals surface area contributed by atoms with Crippen molar-refractivity contribution in [3.05, 3.63) is 48.0 Å². The summed E-state index contributed by atoms with van der Waals surface area (Å²) >= 11 is 2.97. The fraction of sp³-hybridized carbons (Fsp3) is 0.231. The highest BCUT2D eigenvalue weighted by molar-refractivity contribution is 9.10. The van der Waals surface area contributed by atoms with Crippen LogP contribution in [-0.4, -0.2) is 13.1 Å². The van der Waals surface area contributed by atoms with Crippen molar-refractivity contribution in [3.63, 3.8) is 0 Å². The van der Waals surface area contributed by atoms with Crippen LogP contribution in [0.25, 0.3) is 10.8 Å². The Balaban J connectivity index is 2.42. The Morgan fingerprint density at radius 3 is 2.56 bits per heavy atom. The maximum absolute atomic E-state index is 11.6. The molecule has 5 heteroatoms. The van der Waals surface area contributed by atoms with Gasteiger partial charge in [-0.3, -0.25) is 0 Å². The maximum Gasteiger partial charge on any atom is 0.222 e. The second-order valence-electron chi connectivity index (χ2n) is 4.13. The fourth-order valence-corrected chi connectivity index (χ4v) is 3.12. The van der Waals surface area contributed by atoms with Gasteiger partial charge in [0.25, 0.3) is 0 Å². The van der Waals surface area contributed by atoms with Crippen LogP contribution in [0, 0.1) is 0 Å². The molecule has 1 N–H and O–H groups in total. The van der Waals surface area contributed by atoms with Gasteiger partial charge in [0, 0.05) is 6.04 Å². The molecule has 3 nitrogen and oxygen atoms in total. The summed E-state index contributed by atoms with van der Waals surface area (Å²) in [6.07, 6.45) is 0. The molecule has 1 unspecified atom stereocenters. The van der Waals surface area contributed by atoms with E-state index in [1.807, 2.05) is 49.4 Å². The van der Waals surface area contributed by atoms with Crippen molar-refractivity contribution in [2.45, 2.75) is 13.0 Å². The van der Waals surface area contributed by atoms with Gasteiger partial charge >= 0.3 is 0 Å². The third kappa shape index (κ3) is 2.91. The summed E-state index contributed by atoms with van der Waals surface area (Å²) in [6.45, 7) is 1.85. The van der Waals surface area contributed by atoms with Crippen molar-refractivity contribution < 1.29 is 8.42 Å². The minimum absolute atomic E-state index is 0.0882. The number of nitrogens with one attached hydrogen (secondary N) is 1. The van der Waals surface area contributed by atoms with Crippen molar-refractivity contribution >= 4 is 36.7 Å². The molecule has 18 heavy (non-hydrogen) atoms. The first-order valence-electron chi connectivity index (χ1n) is 5.57. The predicted octanol–water partition coefficient (Wildman–Crippen LogP) is 3.17. The van der Waals surface area contributed by atoms with Gasteiger partial charge in [-0.15, -0.1) is 0 Å². The summed E-state index contributed by atoms with van der Waals surface area (Å²) in [5.41, 5.74) is 0.984. The summed E-state index contributed by atoms with van der Waals surface area (Å²) < 4.78 is 25.7. The molecule has 0 saturated heterocycles. The second kappa shape index (κ2) is 5.38. The van der Waals surface area contributed by atoms with Crippen LogP contribution in [0.15, 0.2) is 42.5 Å². The number of halogens is 1. The van der Waals surface area contributed by atoms with E-state index >= 15 is 0 Å². The Hall–Kier alpha value is -0.910. The average Bonchev–Trinajstić information content (AvgIpc) is 2.37. The molecule has 2 rings (SSSR count). The zero-order valence-corrected chi connectivity index (χ0v) is 12.3. The van der Waals surface area contributed by atoms with Gasteiger partial charge in [0.15, 0.2) is 0 Å². The molecule has 0 fully saturated rings. The Labute approximate surface area is 115 Å². The third-order valence-corrected chi connectivity index (χ3v) is 5.60. The molecule has 96 valence electrons. The molecule has 0 aliphatic heterocycles. The van der Waals surface area contributed by atoms with E-state index in [9.17, 15) is 8.42 Å². The molecule has 0 amide bonds. The third-order valence-electron chi connectivity index (χ3n) is 2.79. The van der Waals surface area contributed by atoms with E-state index in [1.54, 1.807) is 0 Å². The van der Waals surface area contributed by atoms with Gasteiger partial charge in [-0.1, -0.05) is 58.4 Å². The minimum Gasteiger partial charge on any atom is -0.212 e. The van der Waals surface area contributed by atoms with Gasteiger partial charge in [0.05, 0.1) is 0 Å². The lowest BCUT2D eigenvalue weighted by molar-refractivity contribution is 0.573. The number of benzene rings is 2. The van der Waals surface area contributed by atoms with Crippen molar-refractivity contribution in [1.82, 2.24) is 4.72 Å². The van der Waals surface area contributed by atoms with Crippen LogP contribution < -0.4 is 4.72 Å². The Morgan fingerprint density at radius 1 is 1.17 bits per heavy atom. The number of rotatable bonds is 4. The first-order chi connectivity index (χ1) is 8.53. The van der Waals surface area contributed by atoms with Crippen molar-refractivity contribution in [2.24, 2.45) is 0 Å². The first kappa shape index (κ1) is 13.5. The normalized spacial score (nSPS) is 13.7. The van der Waals surface area contributed by atoms with Crippen molar-refractivity contribution in [3.8, 4) is 0 Å². The number of alkyl halides is 1. The molecule has 2 aromatic rings. The number of fused-ring (bicyclic) bond motifs is 1. The van der Waals surface area contributed by atoms with Crippen LogP contribution in [0.2, 0.25) is 0 Å². The quantitative estimate of drug-likeness (QED) is 0.876. The second-order valence-corrected chi connectivity index (χ2v) is 7.19. The lowest BCUT2D eigenvalue weighted by atomic mass is 10.0. The molecular formula is C13H14BrNO2S. The van der Waals surface area contributed by atoms with Crippen LogP contribution in [0.3, 0.4) is 0 Å². The van der Waals surface area contributed by atoms with Crippen molar-refractivity contribution in [1.29, 1.82) is 0 Å². The summed E-state index contributed by atoms with van der Waals surface area (Å²) in [7, 11) is -3.27. The van der Waals surface area contributed by atoms with E-state index in [0.717, 1.165) is 16.3 Å². The smallest absolute Gasteiger partial charge is 0.212 e. The lowest BCUT2D eigenvalue weighted by Gasteiger charge is -2.15. The monoisotopic (exact) mass is 327 g/mol. The van der Waals surface area contributed by atoms with E-state index in [-0.39, 0.29) is 10.7 Å². The molecular weight excluding hydrogens is 314 g/mol. The number of sulfonamides is 1. The molecule has 1 atom stereocenters. The van der Waals surface area contributed by atoms with E-state index in [2.05, 4.69) is 20.7 Å². The summed E-state index contributed by atoms with van der Waals surface area (Å²) in [5, 5.41) is 2.18. The van der Waals surface area contributed by atoms with Gasteiger partial charge < -0.3 is 0 Å². The van der Waals surface area contributed by atoms with Crippen LogP contribution in [0.5, 0.6) is 0 Å². The predicted molar refractivity (Wildman–Crippen MR) is 78.2 cm³/mol. The highest BCUT2D eigenvalue weighted by Gasteiger charge is 2.15. The Kier molecular flexibility index (Phi) is 4.04. The molecule has 0 aliphatic carbocycles. The van der Waals surface area contributed by atoms with Gasteiger partial charge in [-0.05, 0) is 23.3 Å². The molecule has 2 aromatic carbocycles. The molecule has 0 saturated carbocycles. The SMILES string of the molecule is CC(NS(=O)(=O)CBr)c1cccc2ccccc12. The number of hydrogen-bond acceptors (Lipinski definition) is 2. The van der Waals surface area contributed by atoms with Crippen LogP contribution in [-0.2, 0) is 10.0 Å². The van der Waals surface area contributed by atoms with E-state index in [4.69, 9.17) is 0 Å². The summed E-state index contributed by atoms with van der Waals surface area (Å²) in [5.74, 6) is 0. The standard InChI is InChI=1S/C13H14BrNO2S/c1-10(15-18(16,17)9-14)12-8-4-6-11-5-2-3-7-13(11)12/h2-8,10,15H,9H2,1H3. The lowest BCUT2D eigenvalue weighted by Crippen LogP contribution is -2.27. The van der Waals surface area contributed by atoms with Gasteiger partial charge in [0.2, 0.25) is 10.0 Å². The molecule has 0 bridgehead atoms. The van der Waals surface area contributed by atoms with Gasteiger partial charge in [-0.25, -0.2) is 13.1 Å². The molecule has 0 radical (unpaired) electrons. The number of hydrogen-bond donors (Lipinski definition) is 1.